The lowest BCUT2D eigenvalue weighted by Crippen LogP contribution is -2.57. The minimum Gasteiger partial charge on any atom is -0.458 e. The smallest absolute Gasteiger partial charge is 0.260 e. The van der Waals surface area contributed by atoms with Gasteiger partial charge in [0, 0.05) is 28.3 Å². The minimum absolute atomic E-state index is 0.00283. The number of aromatic nitrogens is 1. The van der Waals surface area contributed by atoms with Crippen LogP contribution in [-0.4, -0.2) is 11.3 Å². The summed E-state index contributed by atoms with van der Waals surface area (Å²) in [4.78, 5) is 0. The van der Waals surface area contributed by atoms with Crippen molar-refractivity contribution in [1.82, 2.24) is 4.57 Å². The van der Waals surface area contributed by atoms with Gasteiger partial charge in [-0.1, -0.05) is 72.7 Å². The number of hydrogen-bond acceptors (Lipinski definition) is 2. The molecule has 164 valence electrons. The zero-order chi connectivity index (χ0) is 30.9. The summed E-state index contributed by atoms with van der Waals surface area (Å²) in [6.45, 7) is 0.478. The molecule has 2 aliphatic heterocycles. The van der Waals surface area contributed by atoms with Crippen molar-refractivity contribution < 1.29 is 21.8 Å². The van der Waals surface area contributed by atoms with E-state index in [0.717, 1.165) is 21.8 Å². The molecule has 4 heteroatoms. The third-order valence-electron chi connectivity index (χ3n) is 6.74. The van der Waals surface area contributed by atoms with Crippen LogP contribution >= 0.6 is 0 Å². The van der Waals surface area contributed by atoms with Crippen molar-refractivity contribution in [2.45, 2.75) is 6.92 Å². The number of fused-ring (bicyclic) bond motifs is 7. The summed E-state index contributed by atoms with van der Waals surface area (Å²) in [6, 6.07) is 12.2. The van der Waals surface area contributed by atoms with Gasteiger partial charge >= 0.3 is 0 Å². The number of hydrogen-bond donors (Lipinski definition) is 0. The second kappa shape index (κ2) is 6.80. The third-order valence-corrected chi connectivity index (χ3v) is 6.74. The molecule has 0 N–H and O–H groups in total. The Morgan fingerprint density at radius 3 is 2.14 bits per heavy atom. The zero-order valence-electron chi connectivity index (χ0n) is 27.5. The average Bonchev–Trinajstić information content (AvgIpc) is 3.36. The fourth-order valence-corrected chi connectivity index (χ4v) is 5.26. The van der Waals surface area contributed by atoms with Crippen LogP contribution in [0.25, 0.3) is 27.5 Å². The summed E-state index contributed by atoms with van der Waals surface area (Å²) in [5, 5.41) is 1.82. The molecule has 3 nitrogen and oxygen atoms in total. The van der Waals surface area contributed by atoms with E-state index in [4.69, 9.17) is 19.1 Å². The second-order valence-corrected chi connectivity index (χ2v) is 8.66. The van der Waals surface area contributed by atoms with Gasteiger partial charge in [0.1, 0.15) is 23.0 Å². The van der Waals surface area contributed by atoms with Crippen molar-refractivity contribution in [1.29, 1.82) is 0 Å². The fourth-order valence-electron chi connectivity index (χ4n) is 5.26. The van der Waals surface area contributed by atoms with Crippen molar-refractivity contribution in [3.8, 4) is 28.7 Å². The summed E-state index contributed by atoms with van der Waals surface area (Å²) in [6.07, 6.45) is 0. The Balaban J connectivity index is 1.56. The molecule has 0 saturated carbocycles. The molecule has 2 aliphatic rings. The van der Waals surface area contributed by atoms with Crippen molar-refractivity contribution in [3.05, 3.63) is 108 Å². The highest BCUT2D eigenvalue weighted by Gasteiger charge is 2.40. The first-order chi connectivity index (χ1) is 21.0. The molecule has 0 bridgehead atoms. The lowest BCUT2D eigenvalue weighted by atomic mass is 9.34. The predicted molar refractivity (Wildman–Crippen MR) is 143 cm³/mol. The summed E-state index contributed by atoms with van der Waals surface area (Å²) >= 11 is 0. The summed E-state index contributed by atoms with van der Waals surface area (Å²) in [7, 11) is 0. The largest absolute Gasteiger partial charge is 0.458 e. The minimum atomic E-state index is -1.11. The average molecular weight is 458 g/mol. The first-order valence-corrected chi connectivity index (χ1v) is 11.3. The Hall–Kier alpha value is -4.44. The standard InChI is InChI=1S/C31H20BNO2/c1-19-9-8-13-24-31(19)35-29-18-20(17-28-30(29)32(24)23-12-4-7-16-27(23)34-28)33-25-14-5-2-10-21(25)22-11-3-6-15-26(22)33/h2-18H,1H3/i4D,7D,8D,9D,12D,13D,16D,17D,18D. The molecule has 0 unspecified atom stereocenters. The molecule has 0 saturated heterocycles. The Kier molecular flexibility index (Phi) is 2.39. The molecule has 5 aromatic carbocycles. The molecule has 8 rings (SSSR count). The summed E-state index contributed by atoms with van der Waals surface area (Å²) < 4.78 is 93.5. The molecule has 6 aromatic rings. The van der Waals surface area contributed by atoms with E-state index < -0.39 is 30.9 Å². The lowest BCUT2D eigenvalue weighted by molar-refractivity contribution is 0.462. The van der Waals surface area contributed by atoms with Crippen LogP contribution < -0.4 is 25.9 Å². The van der Waals surface area contributed by atoms with Crippen LogP contribution in [0.4, 0.5) is 0 Å². The van der Waals surface area contributed by atoms with Crippen LogP contribution in [0.5, 0.6) is 23.0 Å². The van der Waals surface area contributed by atoms with Crippen molar-refractivity contribution in [2.24, 2.45) is 0 Å². The Bertz CT molecular complexity index is 2160. The Labute approximate surface area is 215 Å². The van der Waals surface area contributed by atoms with Crippen LogP contribution in [0, 0.1) is 6.92 Å². The molecule has 3 heterocycles. The second-order valence-electron chi connectivity index (χ2n) is 8.66. The topological polar surface area (TPSA) is 23.4 Å². The van der Waals surface area contributed by atoms with E-state index in [-0.39, 0.29) is 80.8 Å². The van der Waals surface area contributed by atoms with Gasteiger partial charge in [-0.3, -0.25) is 0 Å². The Morgan fingerprint density at radius 1 is 0.714 bits per heavy atom. The number of rotatable bonds is 1. The van der Waals surface area contributed by atoms with Gasteiger partial charge in [-0.25, -0.2) is 0 Å². The van der Waals surface area contributed by atoms with Gasteiger partial charge in [0.2, 0.25) is 0 Å². The summed E-state index contributed by atoms with van der Waals surface area (Å²) in [5.41, 5.74) is 2.23. The van der Waals surface area contributed by atoms with Gasteiger partial charge in [0.25, 0.3) is 6.71 Å². The number of para-hydroxylation sites is 4. The molecule has 0 atom stereocenters. The van der Waals surface area contributed by atoms with E-state index in [1.54, 1.807) is 11.5 Å². The number of ether oxygens (including phenoxy) is 2. The molecule has 0 radical (unpaired) electrons. The molecular weight excluding hydrogens is 429 g/mol. The van der Waals surface area contributed by atoms with Crippen molar-refractivity contribution in [3.63, 3.8) is 0 Å². The monoisotopic (exact) mass is 458 g/mol. The third kappa shape index (κ3) is 2.51. The van der Waals surface area contributed by atoms with Gasteiger partial charge in [-0.15, -0.1) is 0 Å². The maximum absolute atomic E-state index is 9.49. The molecule has 0 spiro atoms. The van der Waals surface area contributed by atoms with Crippen LogP contribution in [-0.2, 0) is 0 Å². The van der Waals surface area contributed by atoms with Gasteiger partial charge in [-0.05, 0) is 41.6 Å². The van der Waals surface area contributed by atoms with Crippen LogP contribution in [0.2, 0.25) is 0 Å². The highest BCUT2D eigenvalue weighted by Crippen LogP contribution is 2.39. The molecule has 35 heavy (non-hydrogen) atoms. The van der Waals surface area contributed by atoms with Gasteiger partial charge in [0.15, 0.2) is 0 Å². The van der Waals surface area contributed by atoms with Gasteiger partial charge in [-0.2, -0.15) is 0 Å². The number of benzene rings is 5. The predicted octanol–water partition coefficient (Wildman–Crippen LogP) is 5.82. The molecule has 0 fully saturated rings. The normalized spacial score (nSPS) is 16.7. The van der Waals surface area contributed by atoms with E-state index in [2.05, 4.69) is 0 Å². The van der Waals surface area contributed by atoms with Crippen LogP contribution in [0.15, 0.2) is 103 Å². The van der Waals surface area contributed by atoms with Crippen LogP contribution in [0.3, 0.4) is 0 Å². The first kappa shape index (κ1) is 12.3. The van der Waals surface area contributed by atoms with E-state index >= 15 is 0 Å². The van der Waals surface area contributed by atoms with E-state index in [1.807, 2.05) is 48.5 Å². The number of nitrogens with zero attached hydrogens (tertiary/aromatic N) is 1. The van der Waals surface area contributed by atoms with Crippen molar-refractivity contribution in [2.75, 3.05) is 0 Å². The Morgan fingerprint density at radius 2 is 1.37 bits per heavy atom. The highest BCUT2D eigenvalue weighted by molar-refractivity contribution is 6.98. The fraction of sp³-hybridized carbons (Fsp3) is 0.0323. The molecule has 0 amide bonds. The van der Waals surface area contributed by atoms with Crippen LogP contribution in [0.1, 0.15) is 17.9 Å². The maximum Gasteiger partial charge on any atom is 0.260 e. The SMILES string of the molecule is [2H]c1c([2H])c([2H])c2c(c1[2H])Oc1c([2H])c(-n3c4ccccc4c4ccccc43)c([2H])c3c1B2c1c([2H])c([2H])c([2H])c(C)c1O3. The van der Waals surface area contributed by atoms with E-state index in [9.17, 15) is 2.74 Å². The summed E-state index contributed by atoms with van der Waals surface area (Å²) in [5.74, 6) is -0.160. The van der Waals surface area contributed by atoms with Gasteiger partial charge in [0.05, 0.1) is 29.1 Å². The molecule has 0 aliphatic carbocycles. The van der Waals surface area contributed by atoms with E-state index in [1.165, 1.54) is 0 Å². The zero-order valence-corrected chi connectivity index (χ0v) is 18.5. The quantitative estimate of drug-likeness (QED) is 0.290. The van der Waals surface area contributed by atoms with E-state index in [0.29, 0.717) is 0 Å². The maximum atomic E-state index is 9.49. The first-order valence-electron chi connectivity index (χ1n) is 15.8. The molecule has 1 aromatic heterocycles. The molecular formula is C31H20BNO2. The highest BCUT2D eigenvalue weighted by atomic mass is 16.5. The van der Waals surface area contributed by atoms with Gasteiger partial charge < -0.3 is 14.0 Å². The van der Waals surface area contributed by atoms with Crippen molar-refractivity contribution >= 4 is 44.9 Å². The lowest BCUT2D eigenvalue weighted by Gasteiger charge is -2.34.